The van der Waals surface area contributed by atoms with Crippen molar-refractivity contribution in [3.8, 4) is 0 Å². The van der Waals surface area contributed by atoms with E-state index in [4.69, 9.17) is 5.73 Å². The Morgan fingerprint density at radius 3 is 2.74 bits per heavy atom. The SMILES string of the molecule is CN(CCCc1cccc(N)c1)Cc1cccnc1. The van der Waals surface area contributed by atoms with Gasteiger partial charge < -0.3 is 10.6 Å². The second kappa shape index (κ2) is 6.90. The third-order valence-electron chi connectivity index (χ3n) is 3.13. The Hall–Kier alpha value is -1.87. The van der Waals surface area contributed by atoms with Crippen LogP contribution in [0.25, 0.3) is 0 Å². The van der Waals surface area contributed by atoms with Crippen molar-refractivity contribution in [3.05, 3.63) is 59.9 Å². The Morgan fingerprint density at radius 2 is 2.00 bits per heavy atom. The van der Waals surface area contributed by atoms with Crippen LogP contribution in [0.3, 0.4) is 0 Å². The summed E-state index contributed by atoms with van der Waals surface area (Å²) >= 11 is 0. The Bertz CT molecular complexity index is 496. The molecule has 2 rings (SSSR count). The Kier molecular flexibility index (Phi) is 4.93. The van der Waals surface area contributed by atoms with Gasteiger partial charge in [-0.25, -0.2) is 0 Å². The lowest BCUT2D eigenvalue weighted by atomic mass is 10.1. The van der Waals surface area contributed by atoms with Crippen molar-refractivity contribution in [3.63, 3.8) is 0 Å². The second-order valence-corrected chi connectivity index (χ2v) is 4.95. The number of nitrogens with zero attached hydrogens (tertiary/aromatic N) is 2. The number of benzene rings is 1. The van der Waals surface area contributed by atoms with Gasteiger partial charge in [0, 0.05) is 24.6 Å². The van der Waals surface area contributed by atoms with Crippen LogP contribution in [0.1, 0.15) is 17.5 Å². The molecule has 2 N–H and O–H groups in total. The molecule has 19 heavy (non-hydrogen) atoms. The Labute approximate surface area is 115 Å². The van der Waals surface area contributed by atoms with E-state index in [1.54, 1.807) is 0 Å². The number of hydrogen-bond donors (Lipinski definition) is 1. The number of aromatic nitrogens is 1. The quantitative estimate of drug-likeness (QED) is 0.807. The first kappa shape index (κ1) is 13.6. The third kappa shape index (κ3) is 4.72. The highest BCUT2D eigenvalue weighted by atomic mass is 15.1. The molecule has 1 heterocycles. The molecule has 0 spiro atoms. The zero-order valence-corrected chi connectivity index (χ0v) is 11.4. The summed E-state index contributed by atoms with van der Waals surface area (Å²) in [6, 6.07) is 12.2. The number of nitrogens with two attached hydrogens (primary N) is 1. The molecule has 0 amide bonds. The molecule has 0 aliphatic carbocycles. The fraction of sp³-hybridized carbons (Fsp3) is 0.312. The molecular weight excluding hydrogens is 234 g/mol. The maximum Gasteiger partial charge on any atom is 0.0316 e. The molecule has 0 saturated carbocycles. The van der Waals surface area contributed by atoms with Crippen molar-refractivity contribution in [1.82, 2.24) is 9.88 Å². The van der Waals surface area contributed by atoms with E-state index in [0.717, 1.165) is 31.6 Å². The summed E-state index contributed by atoms with van der Waals surface area (Å²) in [6.45, 7) is 2.02. The van der Waals surface area contributed by atoms with Gasteiger partial charge >= 0.3 is 0 Å². The summed E-state index contributed by atoms with van der Waals surface area (Å²) in [7, 11) is 2.15. The number of aryl methyl sites for hydroxylation is 1. The first-order valence-corrected chi connectivity index (χ1v) is 6.66. The Balaban J connectivity index is 1.73. The van der Waals surface area contributed by atoms with Gasteiger partial charge in [0.15, 0.2) is 0 Å². The van der Waals surface area contributed by atoms with E-state index >= 15 is 0 Å². The number of anilines is 1. The zero-order chi connectivity index (χ0) is 13.5. The van der Waals surface area contributed by atoms with Crippen molar-refractivity contribution >= 4 is 5.69 Å². The van der Waals surface area contributed by atoms with Gasteiger partial charge in [-0.15, -0.1) is 0 Å². The molecule has 3 nitrogen and oxygen atoms in total. The van der Waals surface area contributed by atoms with Crippen molar-refractivity contribution < 1.29 is 0 Å². The maximum absolute atomic E-state index is 5.77. The van der Waals surface area contributed by atoms with E-state index in [0.29, 0.717) is 0 Å². The van der Waals surface area contributed by atoms with Gasteiger partial charge in [0.1, 0.15) is 0 Å². The molecule has 100 valence electrons. The number of nitrogen functional groups attached to an aromatic ring is 1. The molecule has 3 heteroatoms. The lowest BCUT2D eigenvalue weighted by Gasteiger charge is -2.16. The lowest BCUT2D eigenvalue weighted by molar-refractivity contribution is 0.322. The highest BCUT2D eigenvalue weighted by Gasteiger charge is 2.01. The number of pyridine rings is 1. The van der Waals surface area contributed by atoms with Gasteiger partial charge in [-0.3, -0.25) is 4.98 Å². The molecule has 2 aromatic rings. The highest BCUT2D eigenvalue weighted by Crippen LogP contribution is 2.09. The maximum atomic E-state index is 5.77. The minimum atomic E-state index is 0.848. The van der Waals surface area contributed by atoms with Gasteiger partial charge in [-0.05, 0) is 55.8 Å². The first-order valence-electron chi connectivity index (χ1n) is 6.66. The summed E-state index contributed by atoms with van der Waals surface area (Å²) in [5, 5.41) is 0. The first-order chi connectivity index (χ1) is 9.24. The highest BCUT2D eigenvalue weighted by molar-refractivity contribution is 5.40. The predicted molar refractivity (Wildman–Crippen MR) is 79.7 cm³/mol. The van der Waals surface area contributed by atoms with Crippen LogP contribution in [-0.4, -0.2) is 23.5 Å². The largest absolute Gasteiger partial charge is 0.399 e. The molecule has 0 radical (unpaired) electrons. The van der Waals surface area contributed by atoms with E-state index in [2.05, 4.69) is 35.1 Å². The summed E-state index contributed by atoms with van der Waals surface area (Å²) in [5.41, 5.74) is 9.20. The van der Waals surface area contributed by atoms with Crippen LogP contribution in [0.15, 0.2) is 48.8 Å². The zero-order valence-electron chi connectivity index (χ0n) is 11.4. The van der Waals surface area contributed by atoms with Crippen molar-refractivity contribution in [2.24, 2.45) is 0 Å². The van der Waals surface area contributed by atoms with Gasteiger partial charge in [-0.2, -0.15) is 0 Å². The molecule has 0 aliphatic heterocycles. The molecule has 0 fully saturated rings. The van der Waals surface area contributed by atoms with Crippen LogP contribution < -0.4 is 5.73 Å². The predicted octanol–water partition coefficient (Wildman–Crippen LogP) is 2.73. The summed E-state index contributed by atoms with van der Waals surface area (Å²) in [4.78, 5) is 6.46. The standard InChI is InChI=1S/C16H21N3/c1-19(13-15-6-3-9-18-12-15)10-4-7-14-5-2-8-16(17)11-14/h2-3,5-6,8-9,11-12H,4,7,10,13,17H2,1H3. The Morgan fingerprint density at radius 1 is 1.16 bits per heavy atom. The molecule has 1 aromatic carbocycles. The van der Waals surface area contributed by atoms with Crippen LogP contribution >= 0.6 is 0 Å². The molecule has 0 atom stereocenters. The minimum Gasteiger partial charge on any atom is -0.399 e. The molecule has 0 aliphatic rings. The van der Waals surface area contributed by atoms with Gasteiger partial charge in [-0.1, -0.05) is 18.2 Å². The average molecular weight is 255 g/mol. The number of hydrogen-bond acceptors (Lipinski definition) is 3. The van der Waals surface area contributed by atoms with Crippen molar-refractivity contribution in [2.75, 3.05) is 19.3 Å². The van der Waals surface area contributed by atoms with Crippen LogP contribution in [0.5, 0.6) is 0 Å². The smallest absolute Gasteiger partial charge is 0.0316 e. The van der Waals surface area contributed by atoms with Gasteiger partial charge in [0.05, 0.1) is 0 Å². The average Bonchev–Trinajstić information content (AvgIpc) is 2.40. The fourth-order valence-corrected chi connectivity index (χ4v) is 2.18. The second-order valence-electron chi connectivity index (χ2n) is 4.95. The molecule has 0 bridgehead atoms. The fourth-order valence-electron chi connectivity index (χ4n) is 2.18. The van der Waals surface area contributed by atoms with E-state index in [1.165, 1.54) is 11.1 Å². The molecule has 0 saturated heterocycles. The summed E-state index contributed by atoms with van der Waals surface area (Å²) < 4.78 is 0. The van der Waals surface area contributed by atoms with E-state index in [1.807, 2.05) is 30.6 Å². The third-order valence-corrected chi connectivity index (χ3v) is 3.13. The van der Waals surface area contributed by atoms with Gasteiger partial charge in [0.25, 0.3) is 0 Å². The topological polar surface area (TPSA) is 42.1 Å². The summed E-state index contributed by atoms with van der Waals surface area (Å²) in [5.74, 6) is 0. The normalized spacial score (nSPS) is 10.8. The number of rotatable bonds is 6. The molecule has 1 aromatic heterocycles. The summed E-state index contributed by atoms with van der Waals surface area (Å²) in [6.07, 6.45) is 5.94. The monoisotopic (exact) mass is 255 g/mol. The van der Waals surface area contributed by atoms with E-state index in [9.17, 15) is 0 Å². The minimum absolute atomic E-state index is 0.848. The molecule has 0 unspecified atom stereocenters. The molecular formula is C16H21N3. The van der Waals surface area contributed by atoms with Crippen LogP contribution in [0.2, 0.25) is 0 Å². The van der Waals surface area contributed by atoms with Crippen LogP contribution in [-0.2, 0) is 13.0 Å². The van der Waals surface area contributed by atoms with Gasteiger partial charge in [0.2, 0.25) is 0 Å². The van der Waals surface area contributed by atoms with Crippen molar-refractivity contribution in [1.29, 1.82) is 0 Å². The van der Waals surface area contributed by atoms with E-state index < -0.39 is 0 Å². The van der Waals surface area contributed by atoms with E-state index in [-0.39, 0.29) is 0 Å². The van der Waals surface area contributed by atoms with Crippen LogP contribution in [0.4, 0.5) is 5.69 Å². The lowest BCUT2D eigenvalue weighted by Crippen LogP contribution is -2.19. The van der Waals surface area contributed by atoms with Crippen molar-refractivity contribution in [2.45, 2.75) is 19.4 Å². The van der Waals surface area contributed by atoms with Crippen LogP contribution in [0, 0.1) is 0 Å².